The van der Waals surface area contributed by atoms with Gasteiger partial charge >= 0.3 is 0 Å². The minimum Gasteiger partial charge on any atom is -0.481 e. The van der Waals surface area contributed by atoms with Gasteiger partial charge in [0.25, 0.3) is 0 Å². The molecule has 0 aliphatic carbocycles. The van der Waals surface area contributed by atoms with Crippen LogP contribution in [0.4, 0.5) is 5.69 Å². The van der Waals surface area contributed by atoms with Crippen LogP contribution < -0.4 is 10.5 Å². The van der Waals surface area contributed by atoms with Crippen molar-refractivity contribution in [1.29, 1.82) is 0 Å². The Balaban J connectivity index is 0.000000228. The lowest BCUT2D eigenvalue weighted by atomic mass is 10.3. The Morgan fingerprint density at radius 3 is 2.32 bits per heavy atom. The number of para-hydroxylation sites is 1. The zero-order valence-electron chi connectivity index (χ0n) is 12.9. The summed E-state index contributed by atoms with van der Waals surface area (Å²) in [5.74, 6) is 1.06. The van der Waals surface area contributed by atoms with Gasteiger partial charge in [-0.15, -0.1) is 0 Å². The van der Waals surface area contributed by atoms with E-state index in [2.05, 4.69) is 19.6 Å². The topological polar surface area (TPSA) is 87.1 Å². The molecular weight excluding hydrogens is 280 g/mol. The summed E-state index contributed by atoms with van der Waals surface area (Å²) < 4.78 is 9.62. The second kappa shape index (κ2) is 9.93. The van der Waals surface area contributed by atoms with Gasteiger partial charge in [0.1, 0.15) is 6.26 Å². The molecule has 0 amide bonds. The van der Waals surface area contributed by atoms with Crippen LogP contribution in [0.15, 0.2) is 59.6 Å². The van der Waals surface area contributed by atoms with E-state index in [0.29, 0.717) is 11.7 Å². The molecular formula is C16H20N4O2. The molecule has 0 atom stereocenters. The summed E-state index contributed by atoms with van der Waals surface area (Å²) in [5.41, 5.74) is 6.91. The second-order valence-corrected chi connectivity index (χ2v) is 3.75. The number of nitrogens with two attached hydrogens (primary N) is 1. The van der Waals surface area contributed by atoms with Crippen molar-refractivity contribution in [2.45, 2.75) is 13.8 Å². The van der Waals surface area contributed by atoms with Crippen LogP contribution >= 0.6 is 0 Å². The fourth-order valence-electron chi connectivity index (χ4n) is 1.36. The molecule has 0 radical (unpaired) electrons. The predicted molar refractivity (Wildman–Crippen MR) is 86.3 cm³/mol. The van der Waals surface area contributed by atoms with Crippen molar-refractivity contribution >= 4 is 5.69 Å². The monoisotopic (exact) mass is 300 g/mol. The summed E-state index contributed by atoms with van der Waals surface area (Å²) in [4.78, 5) is 8.14. The molecule has 0 bridgehead atoms. The maximum Gasteiger partial charge on any atom is 0.216 e. The van der Waals surface area contributed by atoms with E-state index in [1.165, 1.54) is 6.26 Å². The molecule has 3 rings (SSSR count). The lowest BCUT2D eigenvalue weighted by molar-refractivity contribution is 0.397. The van der Waals surface area contributed by atoms with Crippen LogP contribution in [-0.2, 0) is 0 Å². The van der Waals surface area contributed by atoms with Gasteiger partial charge in [-0.1, -0.05) is 37.2 Å². The summed E-state index contributed by atoms with van der Waals surface area (Å²) in [7, 11) is 1.56. The lowest BCUT2D eigenvalue weighted by Gasteiger charge is -1.98. The molecule has 22 heavy (non-hydrogen) atoms. The quantitative estimate of drug-likeness (QED) is 0.729. The minimum absolute atomic E-state index is 0.520. The van der Waals surface area contributed by atoms with E-state index in [1.807, 2.05) is 44.2 Å². The number of methoxy groups -OCH3 is 1. The van der Waals surface area contributed by atoms with Gasteiger partial charge in [-0.05, 0) is 12.1 Å². The van der Waals surface area contributed by atoms with Crippen molar-refractivity contribution in [3.63, 3.8) is 0 Å². The van der Waals surface area contributed by atoms with Gasteiger partial charge in [-0.2, -0.15) is 4.98 Å². The summed E-state index contributed by atoms with van der Waals surface area (Å²) in [5, 5.41) is 3.56. The lowest BCUT2D eigenvalue weighted by Crippen LogP contribution is -1.91. The van der Waals surface area contributed by atoms with Crippen LogP contribution in [0.1, 0.15) is 13.8 Å². The average Bonchev–Trinajstić information content (AvgIpc) is 3.13. The van der Waals surface area contributed by atoms with Crippen LogP contribution in [0.2, 0.25) is 0 Å². The maximum atomic E-state index is 5.36. The Labute approximate surface area is 130 Å². The van der Waals surface area contributed by atoms with Gasteiger partial charge in [0.05, 0.1) is 18.9 Å². The number of aromatic nitrogens is 3. The largest absolute Gasteiger partial charge is 0.481 e. The van der Waals surface area contributed by atoms with Gasteiger partial charge in [0.15, 0.2) is 5.82 Å². The Bertz CT molecular complexity index is 628. The van der Waals surface area contributed by atoms with E-state index in [0.717, 1.165) is 11.3 Å². The fourth-order valence-corrected chi connectivity index (χ4v) is 1.36. The van der Waals surface area contributed by atoms with E-state index in [-0.39, 0.29) is 0 Å². The maximum absolute atomic E-state index is 5.36. The molecule has 116 valence electrons. The number of benzene rings is 1. The molecule has 3 aromatic rings. The highest BCUT2D eigenvalue weighted by molar-refractivity contribution is 5.51. The fraction of sp³-hybridized carbons (Fsp3) is 0.188. The highest BCUT2D eigenvalue weighted by atomic mass is 16.5. The van der Waals surface area contributed by atoms with Gasteiger partial charge in [0.2, 0.25) is 5.88 Å². The summed E-state index contributed by atoms with van der Waals surface area (Å²) in [6.45, 7) is 4.00. The first kappa shape index (κ1) is 17.2. The molecule has 0 aliphatic heterocycles. The standard InChI is InChI=1S/C8H7N3O2.C6H7N.C2H6/c1-12-7-2-3-9-8(11-7)6-4-10-13-5-6;7-6-4-2-1-3-5-6;1-2/h2-5H,1H3;1-5H,7H2;1-2H3. The molecule has 0 saturated carbocycles. The normalized spacial score (nSPS) is 8.86. The van der Waals surface area contributed by atoms with Crippen molar-refractivity contribution in [2.75, 3.05) is 12.8 Å². The van der Waals surface area contributed by atoms with Crippen molar-refractivity contribution < 1.29 is 9.26 Å². The number of anilines is 1. The van der Waals surface area contributed by atoms with Crippen molar-refractivity contribution in [2.24, 2.45) is 0 Å². The zero-order chi connectivity index (χ0) is 16.2. The Hall–Kier alpha value is -2.89. The Morgan fingerprint density at radius 1 is 1.09 bits per heavy atom. The number of nitrogen functional groups attached to an aromatic ring is 1. The molecule has 0 aliphatic rings. The first-order valence-corrected chi connectivity index (χ1v) is 6.87. The number of hydrogen-bond donors (Lipinski definition) is 1. The Morgan fingerprint density at radius 2 is 1.82 bits per heavy atom. The van der Waals surface area contributed by atoms with E-state index in [9.17, 15) is 0 Å². The third-order valence-corrected chi connectivity index (χ3v) is 2.33. The van der Waals surface area contributed by atoms with Gasteiger partial charge in [0, 0.05) is 18.0 Å². The molecule has 0 saturated heterocycles. The third-order valence-electron chi connectivity index (χ3n) is 2.33. The van der Waals surface area contributed by atoms with E-state index < -0.39 is 0 Å². The molecule has 2 aromatic heterocycles. The Kier molecular flexibility index (Phi) is 7.74. The van der Waals surface area contributed by atoms with Crippen LogP contribution in [0.5, 0.6) is 5.88 Å². The van der Waals surface area contributed by atoms with Gasteiger partial charge in [-0.3, -0.25) is 0 Å². The van der Waals surface area contributed by atoms with Crippen molar-refractivity contribution in [3.8, 4) is 17.3 Å². The summed E-state index contributed by atoms with van der Waals surface area (Å²) in [6, 6.07) is 11.2. The first-order chi connectivity index (χ1) is 10.8. The van der Waals surface area contributed by atoms with Crippen LogP contribution in [0.25, 0.3) is 11.4 Å². The smallest absolute Gasteiger partial charge is 0.216 e. The third kappa shape index (κ3) is 5.62. The zero-order valence-corrected chi connectivity index (χ0v) is 12.9. The molecule has 6 nitrogen and oxygen atoms in total. The molecule has 0 fully saturated rings. The SMILES string of the molecule is CC.COc1ccnc(-c2cnoc2)n1.Nc1ccccc1. The van der Waals surface area contributed by atoms with Crippen molar-refractivity contribution in [3.05, 3.63) is 55.1 Å². The molecule has 6 heteroatoms. The summed E-state index contributed by atoms with van der Waals surface area (Å²) >= 11 is 0. The van der Waals surface area contributed by atoms with Crippen molar-refractivity contribution in [1.82, 2.24) is 15.1 Å². The second-order valence-electron chi connectivity index (χ2n) is 3.75. The number of nitrogens with zero attached hydrogens (tertiary/aromatic N) is 3. The molecule has 2 heterocycles. The number of ether oxygens (including phenoxy) is 1. The number of rotatable bonds is 2. The molecule has 0 unspecified atom stereocenters. The predicted octanol–water partition coefficient (Wildman–Crippen LogP) is 3.44. The highest BCUT2D eigenvalue weighted by Crippen LogP contribution is 2.15. The van der Waals surface area contributed by atoms with E-state index in [4.69, 9.17) is 10.5 Å². The first-order valence-electron chi connectivity index (χ1n) is 6.87. The van der Waals surface area contributed by atoms with E-state index in [1.54, 1.807) is 25.6 Å². The number of hydrogen-bond acceptors (Lipinski definition) is 6. The highest BCUT2D eigenvalue weighted by Gasteiger charge is 2.03. The van der Waals surface area contributed by atoms with Crippen LogP contribution in [-0.4, -0.2) is 22.2 Å². The van der Waals surface area contributed by atoms with Gasteiger partial charge in [-0.25, -0.2) is 4.98 Å². The van der Waals surface area contributed by atoms with Crippen LogP contribution in [0.3, 0.4) is 0 Å². The minimum atomic E-state index is 0.520. The molecule has 0 spiro atoms. The summed E-state index contributed by atoms with van der Waals surface area (Å²) in [6.07, 6.45) is 4.65. The van der Waals surface area contributed by atoms with Crippen LogP contribution in [0, 0.1) is 0 Å². The average molecular weight is 300 g/mol. The van der Waals surface area contributed by atoms with E-state index >= 15 is 0 Å². The van der Waals surface area contributed by atoms with Gasteiger partial charge < -0.3 is 15.0 Å². The molecule has 1 aromatic carbocycles. The molecule has 2 N–H and O–H groups in total.